The Morgan fingerprint density at radius 1 is 1.24 bits per heavy atom. The number of nitrogens with one attached hydrogen (secondary N) is 1. The summed E-state index contributed by atoms with van der Waals surface area (Å²) in [6, 6.07) is 10.2. The molecule has 0 fully saturated rings. The van der Waals surface area contributed by atoms with Crippen LogP contribution in [0, 0.1) is 18.6 Å². The topological polar surface area (TPSA) is 46.5 Å². The highest BCUT2D eigenvalue weighted by atomic mass is 32.1. The van der Waals surface area contributed by atoms with Gasteiger partial charge < -0.3 is 0 Å². The summed E-state index contributed by atoms with van der Waals surface area (Å²) in [6.07, 6.45) is 0. The monoisotopic (exact) mass is 316 g/mol. The molecule has 0 radical (unpaired) electrons. The van der Waals surface area contributed by atoms with E-state index in [1.165, 1.54) is 4.88 Å². The van der Waals surface area contributed by atoms with E-state index in [9.17, 15) is 0 Å². The number of aryl methyl sites for hydroxylation is 2. The fourth-order valence-corrected chi connectivity index (χ4v) is 3.77. The van der Waals surface area contributed by atoms with Crippen molar-refractivity contribution in [3.05, 3.63) is 50.7 Å². The Balaban J connectivity index is 2.13. The summed E-state index contributed by atoms with van der Waals surface area (Å²) in [5.41, 5.74) is 2.11. The number of aromatic amines is 1. The molecule has 0 spiro atoms. The van der Waals surface area contributed by atoms with Crippen LogP contribution in [0.1, 0.15) is 28.5 Å². The molecule has 1 N–H and O–H groups in total. The van der Waals surface area contributed by atoms with Crippen LogP contribution >= 0.6 is 23.6 Å². The fraction of sp³-hybridized carbons (Fsp3) is 0.267. The van der Waals surface area contributed by atoms with Gasteiger partial charge in [-0.3, -0.25) is 9.67 Å². The number of thiazole rings is 1. The smallest absolute Gasteiger partial charge is 0.196 e. The van der Waals surface area contributed by atoms with Crippen LogP contribution in [-0.4, -0.2) is 19.7 Å². The molecule has 3 aromatic rings. The molecule has 0 aliphatic heterocycles. The predicted molar refractivity (Wildman–Crippen MR) is 88.2 cm³/mol. The van der Waals surface area contributed by atoms with Gasteiger partial charge in [0.05, 0.1) is 21.6 Å². The second-order valence-corrected chi connectivity index (χ2v) is 6.57. The Hall–Kier alpha value is -1.79. The molecule has 21 heavy (non-hydrogen) atoms. The van der Waals surface area contributed by atoms with E-state index >= 15 is 0 Å². The molecular formula is C15H16N4S2. The molecule has 0 aliphatic rings. The van der Waals surface area contributed by atoms with Crippen molar-refractivity contribution in [3.8, 4) is 11.4 Å². The molecule has 0 bridgehead atoms. The first-order valence-corrected chi connectivity index (χ1v) is 7.96. The lowest BCUT2D eigenvalue weighted by atomic mass is 10.2. The van der Waals surface area contributed by atoms with Crippen LogP contribution in [0.5, 0.6) is 0 Å². The second kappa shape index (κ2) is 5.54. The van der Waals surface area contributed by atoms with Gasteiger partial charge in [-0.2, -0.15) is 5.10 Å². The highest BCUT2D eigenvalue weighted by Crippen LogP contribution is 2.30. The molecule has 0 amide bonds. The molecule has 6 heteroatoms. The molecule has 0 saturated heterocycles. The van der Waals surface area contributed by atoms with E-state index in [1.54, 1.807) is 11.3 Å². The highest BCUT2D eigenvalue weighted by Gasteiger charge is 2.19. The first-order valence-electron chi connectivity index (χ1n) is 6.74. The fourth-order valence-electron chi connectivity index (χ4n) is 2.51. The van der Waals surface area contributed by atoms with E-state index in [2.05, 4.69) is 26.7 Å². The van der Waals surface area contributed by atoms with Gasteiger partial charge in [0.2, 0.25) is 0 Å². The van der Waals surface area contributed by atoms with Crippen LogP contribution < -0.4 is 0 Å². The van der Waals surface area contributed by atoms with Crippen molar-refractivity contribution in [3.63, 3.8) is 0 Å². The van der Waals surface area contributed by atoms with E-state index in [-0.39, 0.29) is 6.04 Å². The second-order valence-electron chi connectivity index (χ2n) is 4.95. The number of hydrogen-bond acceptors (Lipinski definition) is 4. The van der Waals surface area contributed by atoms with Crippen LogP contribution in [-0.2, 0) is 0 Å². The van der Waals surface area contributed by atoms with Crippen molar-refractivity contribution in [1.29, 1.82) is 0 Å². The average molecular weight is 316 g/mol. The first-order chi connectivity index (χ1) is 10.1. The maximum atomic E-state index is 5.43. The molecule has 4 nitrogen and oxygen atoms in total. The quantitative estimate of drug-likeness (QED) is 0.733. The summed E-state index contributed by atoms with van der Waals surface area (Å²) in [6.45, 7) is 6.21. The van der Waals surface area contributed by atoms with Crippen molar-refractivity contribution in [2.75, 3.05) is 0 Å². The summed E-state index contributed by atoms with van der Waals surface area (Å²) in [7, 11) is 0. The third-order valence-electron chi connectivity index (χ3n) is 3.44. The summed E-state index contributed by atoms with van der Waals surface area (Å²) in [4.78, 5) is 5.74. The van der Waals surface area contributed by atoms with Crippen molar-refractivity contribution >= 4 is 23.6 Å². The van der Waals surface area contributed by atoms with Crippen LogP contribution in [0.4, 0.5) is 0 Å². The van der Waals surface area contributed by atoms with Gasteiger partial charge in [0, 0.05) is 5.56 Å². The maximum absolute atomic E-state index is 5.43. The predicted octanol–water partition coefficient (Wildman–Crippen LogP) is 4.29. The zero-order valence-electron chi connectivity index (χ0n) is 12.1. The van der Waals surface area contributed by atoms with E-state index in [0.717, 1.165) is 22.1 Å². The van der Waals surface area contributed by atoms with Crippen LogP contribution in [0.25, 0.3) is 11.4 Å². The third-order valence-corrected chi connectivity index (χ3v) is 4.97. The summed E-state index contributed by atoms with van der Waals surface area (Å²) < 4.78 is 2.69. The molecule has 1 unspecified atom stereocenters. The molecular weight excluding hydrogens is 300 g/mol. The Labute approximate surface area is 132 Å². The van der Waals surface area contributed by atoms with Gasteiger partial charge in [-0.1, -0.05) is 30.3 Å². The number of aromatic nitrogens is 4. The van der Waals surface area contributed by atoms with Gasteiger partial charge in [0.25, 0.3) is 0 Å². The van der Waals surface area contributed by atoms with Gasteiger partial charge in [0.15, 0.2) is 10.6 Å². The number of hydrogen-bond donors (Lipinski definition) is 1. The average Bonchev–Trinajstić information content (AvgIpc) is 3.02. The highest BCUT2D eigenvalue weighted by molar-refractivity contribution is 7.71. The summed E-state index contributed by atoms with van der Waals surface area (Å²) >= 11 is 7.14. The van der Waals surface area contributed by atoms with Gasteiger partial charge >= 0.3 is 0 Å². The normalized spacial score (nSPS) is 12.5. The summed E-state index contributed by atoms with van der Waals surface area (Å²) in [5, 5.41) is 8.39. The van der Waals surface area contributed by atoms with Crippen LogP contribution in [0.2, 0.25) is 0 Å². The van der Waals surface area contributed by atoms with Gasteiger partial charge in [-0.15, -0.1) is 11.3 Å². The van der Waals surface area contributed by atoms with Crippen molar-refractivity contribution in [2.24, 2.45) is 0 Å². The number of nitrogens with zero attached hydrogens (tertiary/aromatic N) is 3. The zero-order chi connectivity index (χ0) is 15.0. The van der Waals surface area contributed by atoms with Crippen LogP contribution in [0.15, 0.2) is 30.3 Å². The van der Waals surface area contributed by atoms with E-state index in [1.807, 2.05) is 44.2 Å². The zero-order valence-corrected chi connectivity index (χ0v) is 13.8. The SMILES string of the molecule is Cc1nc(C)c(C(C)n2c(-c3ccccc3)n[nH]c2=S)s1. The Bertz CT molecular complexity index is 814. The summed E-state index contributed by atoms with van der Waals surface area (Å²) in [5.74, 6) is 0.860. The largest absolute Gasteiger partial charge is 0.292 e. The first kappa shape index (κ1) is 14.2. The standard InChI is InChI=1S/C15H16N4S2/c1-9-13(21-11(3)16-9)10(2)19-14(17-18-15(19)20)12-7-5-4-6-8-12/h4-8,10H,1-3H3,(H,18,20). The van der Waals surface area contributed by atoms with E-state index < -0.39 is 0 Å². The molecule has 1 atom stereocenters. The molecule has 2 heterocycles. The molecule has 2 aromatic heterocycles. The Morgan fingerprint density at radius 2 is 1.95 bits per heavy atom. The van der Waals surface area contributed by atoms with Gasteiger partial charge in [-0.25, -0.2) is 4.98 Å². The lowest BCUT2D eigenvalue weighted by Crippen LogP contribution is -2.08. The van der Waals surface area contributed by atoms with Crippen molar-refractivity contribution < 1.29 is 0 Å². The molecule has 108 valence electrons. The Kier molecular flexibility index (Phi) is 3.73. The number of benzene rings is 1. The molecule has 3 rings (SSSR count). The minimum atomic E-state index is 0.109. The van der Waals surface area contributed by atoms with Crippen molar-refractivity contribution in [2.45, 2.75) is 26.8 Å². The molecule has 1 aromatic carbocycles. The Morgan fingerprint density at radius 3 is 2.57 bits per heavy atom. The lowest BCUT2D eigenvalue weighted by Gasteiger charge is -2.14. The maximum Gasteiger partial charge on any atom is 0.196 e. The van der Waals surface area contributed by atoms with Gasteiger partial charge in [0.1, 0.15) is 0 Å². The lowest BCUT2D eigenvalue weighted by molar-refractivity contribution is 0.641. The number of rotatable bonds is 3. The van der Waals surface area contributed by atoms with Crippen molar-refractivity contribution in [1.82, 2.24) is 19.7 Å². The molecule has 0 saturated carbocycles. The van der Waals surface area contributed by atoms with E-state index in [0.29, 0.717) is 4.77 Å². The number of H-pyrrole nitrogens is 1. The van der Waals surface area contributed by atoms with E-state index in [4.69, 9.17) is 12.2 Å². The minimum absolute atomic E-state index is 0.109. The third kappa shape index (κ3) is 2.56. The van der Waals surface area contributed by atoms with Crippen LogP contribution in [0.3, 0.4) is 0 Å². The molecule has 0 aliphatic carbocycles. The van der Waals surface area contributed by atoms with Gasteiger partial charge in [-0.05, 0) is 33.0 Å². The minimum Gasteiger partial charge on any atom is -0.292 e.